The van der Waals surface area contributed by atoms with Crippen molar-refractivity contribution in [3.8, 4) is 5.75 Å². The standard InChI is InChI=1S/C22H29F3N6O4/c1-14(32)10-26-17-8-6-15(7-9-17)11-27-20-18(31(33)34)13-29-21(30-20)28-12-16-4-2-3-5-19(16)35-22(23,24)25/h2-5,13-15,17,26,32H,6-12H2,1H3,(H2,27,28,29,30)/t14-,15?,17?/m0/s1. The van der Waals surface area contributed by atoms with E-state index in [4.69, 9.17) is 0 Å². The maximum Gasteiger partial charge on any atom is 0.573 e. The normalized spacial score (nSPS) is 19.1. The van der Waals surface area contributed by atoms with Gasteiger partial charge in [0.05, 0.1) is 11.0 Å². The highest BCUT2D eigenvalue weighted by Gasteiger charge is 2.32. The summed E-state index contributed by atoms with van der Waals surface area (Å²) in [7, 11) is 0. The Kier molecular flexibility index (Phi) is 9.04. The molecule has 0 saturated heterocycles. The number of halogens is 3. The number of anilines is 2. The molecule has 0 amide bonds. The number of alkyl halides is 3. The fraction of sp³-hybridized carbons (Fsp3) is 0.545. The molecule has 192 valence electrons. The molecule has 0 aliphatic heterocycles. The van der Waals surface area contributed by atoms with Crippen molar-refractivity contribution in [3.05, 3.63) is 46.1 Å². The van der Waals surface area contributed by atoms with Crippen LogP contribution in [0.4, 0.5) is 30.6 Å². The molecule has 1 aromatic heterocycles. The molecule has 0 bridgehead atoms. The zero-order valence-corrected chi connectivity index (χ0v) is 19.2. The van der Waals surface area contributed by atoms with E-state index in [2.05, 4.69) is 30.7 Å². The van der Waals surface area contributed by atoms with E-state index >= 15 is 0 Å². The van der Waals surface area contributed by atoms with Gasteiger partial charge >= 0.3 is 12.0 Å². The average Bonchev–Trinajstić information content (AvgIpc) is 2.80. The van der Waals surface area contributed by atoms with E-state index in [1.165, 1.54) is 18.2 Å². The molecule has 4 N–H and O–H groups in total. The van der Waals surface area contributed by atoms with Crippen LogP contribution in [0.25, 0.3) is 0 Å². The van der Waals surface area contributed by atoms with Crippen LogP contribution < -0.4 is 20.7 Å². The SMILES string of the molecule is C[C@H](O)CNC1CCC(CNc2nc(NCc3ccccc3OC(F)(F)F)ncc2[N+](=O)[O-])CC1. The largest absolute Gasteiger partial charge is 0.573 e. The molecular weight excluding hydrogens is 469 g/mol. The summed E-state index contributed by atoms with van der Waals surface area (Å²) in [5, 5.41) is 30.0. The first-order valence-corrected chi connectivity index (χ1v) is 11.3. The lowest BCUT2D eigenvalue weighted by atomic mass is 9.86. The first kappa shape index (κ1) is 26.4. The molecule has 35 heavy (non-hydrogen) atoms. The van der Waals surface area contributed by atoms with Crippen molar-refractivity contribution in [1.82, 2.24) is 15.3 Å². The van der Waals surface area contributed by atoms with E-state index in [1.807, 2.05) is 0 Å². The molecule has 1 atom stereocenters. The van der Waals surface area contributed by atoms with Crippen LogP contribution in [0.3, 0.4) is 0 Å². The van der Waals surface area contributed by atoms with Crippen molar-refractivity contribution < 1.29 is 27.9 Å². The first-order chi connectivity index (χ1) is 16.6. The van der Waals surface area contributed by atoms with Crippen LogP contribution in [0.2, 0.25) is 0 Å². The lowest BCUT2D eigenvalue weighted by Gasteiger charge is -2.29. The highest BCUT2D eigenvalue weighted by Crippen LogP contribution is 2.29. The van der Waals surface area contributed by atoms with Crippen molar-refractivity contribution in [2.75, 3.05) is 23.7 Å². The number of aromatic nitrogens is 2. The van der Waals surface area contributed by atoms with Gasteiger partial charge in [-0.05, 0) is 44.6 Å². The topological polar surface area (TPSA) is 134 Å². The fourth-order valence-electron chi connectivity index (χ4n) is 3.92. The zero-order valence-electron chi connectivity index (χ0n) is 19.2. The van der Waals surface area contributed by atoms with Crippen molar-refractivity contribution in [2.45, 2.75) is 57.7 Å². The van der Waals surface area contributed by atoms with Crippen molar-refractivity contribution in [1.29, 1.82) is 0 Å². The molecule has 10 nitrogen and oxygen atoms in total. The molecule has 1 aliphatic rings. The van der Waals surface area contributed by atoms with Gasteiger partial charge in [0.25, 0.3) is 0 Å². The van der Waals surface area contributed by atoms with Gasteiger partial charge < -0.3 is 25.8 Å². The van der Waals surface area contributed by atoms with Crippen LogP contribution in [0, 0.1) is 16.0 Å². The average molecular weight is 499 g/mol. The molecule has 3 rings (SSSR count). The second-order valence-corrected chi connectivity index (χ2v) is 8.55. The highest BCUT2D eigenvalue weighted by molar-refractivity contribution is 5.57. The Labute approximate surface area is 200 Å². The fourth-order valence-corrected chi connectivity index (χ4v) is 3.92. The van der Waals surface area contributed by atoms with Gasteiger partial charge in [-0.2, -0.15) is 4.98 Å². The van der Waals surface area contributed by atoms with Crippen molar-refractivity contribution in [2.24, 2.45) is 5.92 Å². The second-order valence-electron chi connectivity index (χ2n) is 8.55. The minimum atomic E-state index is -4.83. The number of hydrogen-bond donors (Lipinski definition) is 4. The Balaban J connectivity index is 1.60. The zero-order chi connectivity index (χ0) is 25.4. The van der Waals surface area contributed by atoms with E-state index < -0.39 is 17.4 Å². The van der Waals surface area contributed by atoms with Crippen molar-refractivity contribution >= 4 is 17.5 Å². The molecule has 1 aliphatic carbocycles. The number of benzene rings is 1. The van der Waals surface area contributed by atoms with Crippen LogP contribution >= 0.6 is 0 Å². The van der Waals surface area contributed by atoms with E-state index in [1.54, 1.807) is 13.0 Å². The quantitative estimate of drug-likeness (QED) is 0.269. The third kappa shape index (κ3) is 8.51. The maximum atomic E-state index is 12.6. The number of ether oxygens (including phenoxy) is 1. The summed E-state index contributed by atoms with van der Waals surface area (Å²) < 4.78 is 41.9. The molecule has 1 heterocycles. The molecule has 0 radical (unpaired) electrons. The molecule has 0 unspecified atom stereocenters. The Morgan fingerprint density at radius 1 is 1.23 bits per heavy atom. The van der Waals surface area contributed by atoms with Crippen LogP contribution in [0.1, 0.15) is 38.2 Å². The van der Waals surface area contributed by atoms with Crippen LogP contribution in [-0.2, 0) is 6.54 Å². The number of nitrogens with zero attached hydrogens (tertiary/aromatic N) is 3. The van der Waals surface area contributed by atoms with Gasteiger partial charge in [0.2, 0.25) is 11.8 Å². The van der Waals surface area contributed by atoms with Gasteiger partial charge in [0.15, 0.2) is 0 Å². The first-order valence-electron chi connectivity index (χ1n) is 11.3. The van der Waals surface area contributed by atoms with E-state index in [-0.39, 0.29) is 35.3 Å². The van der Waals surface area contributed by atoms with Crippen LogP contribution in [0.5, 0.6) is 5.75 Å². The van der Waals surface area contributed by atoms with E-state index in [9.17, 15) is 28.4 Å². The predicted octanol–water partition coefficient (Wildman–Crippen LogP) is 3.84. The third-order valence-corrected chi connectivity index (χ3v) is 5.71. The number of nitrogens with one attached hydrogen (secondary N) is 3. The number of rotatable bonds is 11. The van der Waals surface area contributed by atoms with Gasteiger partial charge in [-0.3, -0.25) is 10.1 Å². The maximum absolute atomic E-state index is 12.6. The number of para-hydroxylation sites is 1. The minimum absolute atomic E-state index is 0.0333. The molecule has 1 aromatic carbocycles. The lowest BCUT2D eigenvalue weighted by Crippen LogP contribution is -2.38. The van der Waals surface area contributed by atoms with Gasteiger partial charge in [-0.15, -0.1) is 13.2 Å². The van der Waals surface area contributed by atoms with Crippen molar-refractivity contribution in [3.63, 3.8) is 0 Å². The molecule has 13 heteroatoms. The number of aliphatic hydroxyl groups excluding tert-OH is 1. The molecule has 1 fully saturated rings. The number of hydrogen-bond acceptors (Lipinski definition) is 9. The summed E-state index contributed by atoms with van der Waals surface area (Å²) in [4.78, 5) is 18.9. The smallest absolute Gasteiger partial charge is 0.405 e. The van der Waals surface area contributed by atoms with Crippen LogP contribution in [-0.4, -0.2) is 51.6 Å². The summed E-state index contributed by atoms with van der Waals surface area (Å²) >= 11 is 0. The molecular formula is C22H29F3N6O4. The number of nitro groups is 1. The van der Waals surface area contributed by atoms with E-state index in [0.717, 1.165) is 31.9 Å². The Bertz CT molecular complexity index is 984. The predicted molar refractivity (Wildman–Crippen MR) is 123 cm³/mol. The lowest BCUT2D eigenvalue weighted by molar-refractivity contribution is -0.384. The van der Waals surface area contributed by atoms with Gasteiger partial charge in [-0.1, -0.05) is 18.2 Å². The summed E-state index contributed by atoms with van der Waals surface area (Å²) in [5.74, 6) is 0.0240. The highest BCUT2D eigenvalue weighted by atomic mass is 19.4. The third-order valence-electron chi connectivity index (χ3n) is 5.71. The molecule has 0 spiro atoms. The summed E-state index contributed by atoms with van der Waals surface area (Å²) in [6.45, 7) is 2.69. The Hall–Kier alpha value is -3.19. The van der Waals surface area contributed by atoms with Gasteiger partial charge in [-0.25, -0.2) is 4.98 Å². The second kappa shape index (κ2) is 12.0. The van der Waals surface area contributed by atoms with Crippen LogP contribution in [0.15, 0.2) is 30.5 Å². The Morgan fingerprint density at radius 2 is 1.94 bits per heavy atom. The summed E-state index contributed by atoms with van der Waals surface area (Å²) in [5.41, 5.74) is -0.0640. The monoisotopic (exact) mass is 498 g/mol. The molecule has 2 aromatic rings. The Morgan fingerprint density at radius 3 is 2.60 bits per heavy atom. The van der Waals surface area contributed by atoms with Gasteiger partial charge in [0.1, 0.15) is 11.9 Å². The summed E-state index contributed by atoms with van der Waals surface area (Å²) in [6.07, 6.45) is -0.444. The molecule has 1 saturated carbocycles. The van der Waals surface area contributed by atoms with E-state index in [0.29, 0.717) is 25.0 Å². The minimum Gasteiger partial charge on any atom is -0.405 e. The summed E-state index contributed by atoms with van der Waals surface area (Å²) in [6, 6.07) is 5.99. The number of aliphatic hydroxyl groups is 1. The van der Waals surface area contributed by atoms with Gasteiger partial charge in [0, 0.05) is 31.2 Å².